The summed E-state index contributed by atoms with van der Waals surface area (Å²) in [6.07, 6.45) is 4.12. The van der Waals surface area contributed by atoms with E-state index in [2.05, 4.69) is 26.0 Å². The van der Waals surface area contributed by atoms with Crippen molar-refractivity contribution in [1.29, 1.82) is 0 Å². The zero-order valence-corrected chi connectivity index (χ0v) is 11.3. The Kier molecular flexibility index (Phi) is 3.42. The fourth-order valence-electron chi connectivity index (χ4n) is 1.72. The Labute approximate surface area is 108 Å². The lowest BCUT2D eigenvalue weighted by molar-refractivity contribution is 0.111. The third-order valence-electron chi connectivity index (χ3n) is 2.56. The maximum Gasteiger partial charge on any atom is 0.169 e. The van der Waals surface area contributed by atoms with Crippen molar-refractivity contribution in [3.8, 4) is 0 Å². The second-order valence-corrected chi connectivity index (χ2v) is 4.54. The molecule has 5 nitrogen and oxygen atoms in total. The summed E-state index contributed by atoms with van der Waals surface area (Å²) in [6, 6.07) is 0. The zero-order valence-electron chi connectivity index (χ0n) is 9.72. The highest BCUT2D eigenvalue weighted by atomic mass is 79.9. The van der Waals surface area contributed by atoms with Crippen molar-refractivity contribution in [2.75, 3.05) is 0 Å². The Morgan fingerprint density at radius 1 is 1.53 bits per heavy atom. The monoisotopic (exact) mass is 296 g/mol. The third kappa shape index (κ3) is 2.31. The predicted octanol–water partition coefficient (Wildman–Crippen LogP) is 2.03. The number of hydrogen-bond donors (Lipinski definition) is 0. The number of hydrogen-bond acceptors (Lipinski definition) is 3. The number of halogens is 1. The summed E-state index contributed by atoms with van der Waals surface area (Å²) in [5.41, 5.74) is 2.50. The highest BCUT2D eigenvalue weighted by Crippen LogP contribution is 2.21. The number of aromatic nitrogens is 4. The van der Waals surface area contributed by atoms with Crippen LogP contribution in [0.25, 0.3) is 0 Å². The maximum absolute atomic E-state index is 10.6. The van der Waals surface area contributed by atoms with E-state index in [4.69, 9.17) is 0 Å². The van der Waals surface area contributed by atoms with Gasteiger partial charge < -0.3 is 4.57 Å². The molecule has 0 saturated carbocycles. The van der Waals surface area contributed by atoms with Crippen LogP contribution >= 0.6 is 15.9 Å². The summed E-state index contributed by atoms with van der Waals surface area (Å²) in [7, 11) is 0. The molecular weight excluding hydrogens is 284 g/mol. The third-order valence-corrected chi connectivity index (χ3v) is 3.59. The van der Waals surface area contributed by atoms with Gasteiger partial charge in [-0.2, -0.15) is 5.10 Å². The first kappa shape index (κ1) is 12.0. The van der Waals surface area contributed by atoms with Gasteiger partial charge in [0.05, 0.1) is 28.7 Å². The fourth-order valence-corrected chi connectivity index (χ4v) is 2.13. The first-order valence-electron chi connectivity index (χ1n) is 5.34. The van der Waals surface area contributed by atoms with Crippen molar-refractivity contribution in [3.63, 3.8) is 0 Å². The molecule has 0 bridgehead atoms. The highest BCUT2D eigenvalue weighted by Gasteiger charge is 2.12. The van der Waals surface area contributed by atoms with Gasteiger partial charge in [0.25, 0.3) is 0 Å². The Morgan fingerprint density at radius 2 is 2.29 bits per heavy atom. The number of aldehydes is 1. The molecule has 0 N–H and O–H groups in total. The summed E-state index contributed by atoms with van der Waals surface area (Å²) in [5, 5.41) is 4.42. The zero-order chi connectivity index (χ0) is 12.4. The molecule has 0 saturated heterocycles. The van der Waals surface area contributed by atoms with Gasteiger partial charge in [-0.15, -0.1) is 0 Å². The van der Waals surface area contributed by atoms with Crippen LogP contribution in [0.2, 0.25) is 0 Å². The van der Waals surface area contributed by atoms with Crippen molar-refractivity contribution < 1.29 is 4.79 Å². The number of rotatable bonds is 4. The molecule has 0 radical (unpaired) electrons. The van der Waals surface area contributed by atoms with E-state index in [1.807, 2.05) is 23.1 Å². The van der Waals surface area contributed by atoms with E-state index in [1.165, 1.54) is 0 Å². The SMILES string of the molecule is CCn1nc(C)c(Br)c1Cn1cnc(C=O)c1. The normalized spacial score (nSPS) is 10.8. The minimum Gasteiger partial charge on any atom is -0.331 e. The van der Waals surface area contributed by atoms with Crippen LogP contribution in [0.3, 0.4) is 0 Å². The largest absolute Gasteiger partial charge is 0.331 e. The van der Waals surface area contributed by atoms with Crippen LogP contribution in [-0.4, -0.2) is 25.6 Å². The average molecular weight is 297 g/mol. The van der Waals surface area contributed by atoms with Crippen LogP contribution in [0.1, 0.15) is 28.8 Å². The Balaban J connectivity index is 2.31. The summed E-state index contributed by atoms with van der Waals surface area (Å²) in [4.78, 5) is 14.5. The molecule has 0 fully saturated rings. The molecule has 0 unspecified atom stereocenters. The Morgan fingerprint density at radius 3 is 2.88 bits per heavy atom. The molecule has 0 aliphatic carbocycles. The molecule has 0 spiro atoms. The van der Waals surface area contributed by atoms with Gasteiger partial charge in [-0.25, -0.2) is 4.98 Å². The van der Waals surface area contributed by atoms with Crippen molar-refractivity contribution in [1.82, 2.24) is 19.3 Å². The predicted molar refractivity (Wildman–Crippen MR) is 67.1 cm³/mol. The van der Waals surface area contributed by atoms with Gasteiger partial charge in [0.15, 0.2) is 6.29 Å². The van der Waals surface area contributed by atoms with Gasteiger partial charge in [0.2, 0.25) is 0 Å². The van der Waals surface area contributed by atoms with Crippen LogP contribution in [0.5, 0.6) is 0 Å². The number of carbonyl (C=O) groups is 1. The van der Waals surface area contributed by atoms with Crippen molar-refractivity contribution >= 4 is 22.2 Å². The second kappa shape index (κ2) is 4.83. The Hall–Kier alpha value is -1.43. The van der Waals surface area contributed by atoms with Gasteiger partial charge in [-0.1, -0.05) is 0 Å². The van der Waals surface area contributed by atoms with E-state index in [-0.39, 0.29) is 0 Å². The molecule has 2 rings (SSSR count). The molecular formula is C11H13BrN4O. The Bertz CT molecular complexity index is 544. The molecule has 90 valence electrons. The van der Waals surface area contributed by atoms with E-state index in [1.54, 1.807) is 12.5 Å². The molecule has 0 aromatic carbocycles. The lowest BCUT2D eigenvalue weighted by Crippen LogP contribution is -2.07. The topological polar surface area (TPSA) is 52.7 Å². The number of aryl methyl sites for hydroxylation is 2. The van der Waals surface area contributed by atoms with Crippen LogP contribution in [0.15, 0.2) is 17.0 Å². The summed E-state index contributed by atoms with van der Waals surface area (Å²) >= 11 is 3.54. The van der Waals surface area contributed by atoms with Gasteiger partial charge in [0, 0.05) is 12.7 Å². The van der Waals surface area contributed by atoms with Crippen molar-refractivity contribution in [2.24, 2.45) is 0 Å². The lowest BCUT2D eigenvalue weighted by atomic mass is 10.3. The number of nitrogens with zero attached hydrogens (tertiary/aromatic N) is 4. The minimum absolute atomic E-state index is 0.445. The standard InChI is InChI=1S/C11H13BrN4O/c1-3-16-10(11(12)8(2)14-16)5-15-4-9(6-17)13-7-15/h4,6-7H,3,5H2,1-2H3. The lowest BCUT2D eigenvalue weighted by Gasteiger charge is -2.05. The fraction of sp³-hybridized carbons (Fsp3) is 0.364. The van der Waals surface area contributed by atoms with Crippen molar-refractivity contribution in [2.45, 2.75) is 26.9 Å². The molecule has 17 heavy (non-hydrogen) atoms. The van der Waals surface area contributed by atoms with E-state index in [0.717, 1.165) is 28.7 Å². The molecule has 0 aliphatic rings. The molecule has 0 amide bonds. The molecule has 0 atom stereocenters. The van der Waals surface area contributed by atoms with E-state index in [9.17, 15) is 4.79 Å². The summed E-state index contributed by atoms with van der Waals surface area (Å²) in [5.74, 6) is 0. The smallest absolute Gasteiger partial charge is 0.169 e. The number of carbonyl (C=O) groups excluding carboxylic acids is 1. The van der Waals surface area contributed by atoms with Gasteiger partial charge in [0.1, 0.15) is 5.69 Å². The van der Waals surface area contributed by atoms with Gasteiger partial charge >= 0.3 is 0 Å². The maximum atomic E-state index is 10.6. The molecule has 2 aromatic heterocycles. The van der Waals surface area contributed by atoms with Crippen LogP contribution in [-0.2, 0) is 13.1 Å². The van der Waals surface area contributed by atoms with E-state index < -0.39 is 0 Å². The van der Waals surface area contributed by atoms with Crippen LogP contribution in [0, 0.1) is 6.92 Å². The van der Waals surface area contributed by atoms with Gasteiger partial charge in [-0.3, -0.25) is 9.48 Å². The van der Waals surface area contributed by atoms with Crippen LogP contribution < -0.4 is 0 Å². The first-order valence-corrected chi connectivity index (χ1v) is 6.13. The second-order valence-electron chi connectivity index (χ2n) is 3.75. The summed E-state index contributed by atoms with van der Waals surface area (Å²) in [6.45, 7) is 5.48. The van der Waals surface area contributed by atoms with E-state index in [0.29, 0.717) is 12.2 Å². The van der Waals surface area contributed by atoms with Crippen molar-refractivity contribution in [3.05, 3.63) is 34.1 Å². The quantitative estimate of drug-likeness (QED) is 0.811. The molecule has 2 aromatic rings. The molecule has 2 heterocycles. The molecule has 0 aliphatic heterocycles. The van der Waals surface area contributed by atoms with E-state index >= 15 is 0 Å². The highest BCUT2D eigenvalue weighted by molar-refractivity contribution is 9.10. The average Bonchev–Trinajstić information content (AvgIpc) is 2.89. The first-order chi connectivity index (χ1) is 8.15. The molecule has 6 heteroatoms. The van der Waals surface area contributed by atoms with Gasteiger partial charge in [-0.05, 0) is 29.8 Å². The number of imidazole rings is 1. The summed E-state index contributed by atoms with van der Waals surface area (Å²) < 4.78 is 4.83. The van der Waals surface area contributed by atoms with Crippen LogP contribution in [0.4, 0.5) is 0 Å². The minimum atomic E-state index is 0.445.